The monoisotopic (exact) mass is 300 g/mol. The Bertz CT molecular complexity index is 627. The second-order valence-corrected chi connectivity index (χ2v) is 4.34. The van der Waals surface area contributed by atoms with Crippen LogP contribution in [0.4, 0.5) is 0 Å². The summed E-state index contributed by atoms with van der Waals surface area (Å²) in [7, 11) is 0. The van der Waals surface area contributed by atoms with Crippen molar-refractivity contribution in [2.45, 2.75) is 13.8 Å². The second-order valence-electron chi connectivity index (χ2n) is 3.58. The summed E-state index contributed by atoms with van der Waals surface area (Å²) in [5.74, 6) is -0.221. The van der Waals surface area contributed by atoms with Gasteiger partial charge in [0.2, 0.25) is 0 Å². The van der Waals surface area contributed by atoms with Crippen LogP contribution in [-0.4, -0.2) is 32.3 Å². The van der Waals surface area contributed by atoms with Crippen molar-refractivity contribution in [3.63, 3.8) is 0 Å². The van der Waals surface area contributed by atoms with Crippen LogP contribution in [0.15, 0.2) is 12.4 Å². The van der Waals surface area contributed by atoms with Gasteiger partial charge in [-0.25, -0.2) is 19.4 Å². The SMILES string of the molecule is CCOC(=O)c1c(Cl)c(C)nn1-c1cc(Cl)ncn1. The summed E-state index contributed by atoms with van der Waals surface area (Å²) >= 11 is 11.9. The number of rotatable bonds is 3. The fraction of sp³-hybridized carbons (Fsp3) is 0.273. The Balaban J connectivity index is 2.57. The van der Waals surface area contributed by atoms with Crippen LogP contribution >= 0.6 is 23.2 Å². The van der Waals surface area contributed by atoms with E-state index in [1.54, 1.807) is 13.8 Å². The molecule has 0 bridgehead atoms. The molecule has 0 aliphatic rings. The van der Waals surface area contributed by atoms with Crippen LogP contribution in [-0.2, 0) is 4.74 Å². The zero-order chi connectivity index (χ0) is 14.0. The molecule has 0 radical (unpaired) electrons. The van der Waals surface area contributed by atoms with E-state index in [9.17, 15) is 4.79 Å². The average molecular weight is 301 g/mol. The summed E-state index contributed by atoms with van der Waals surface area (Å²) in [5.41, 5.74) is 0.621. The Morgan fingerprint density at radius 2 is 2.16 bits per heavy atom. The predicted molar refractivity (Wildman–Crippen MR) is 69.9 cm³/mol. The van der Waals surface area contributed by atoms with Crippen LogP contribution in [0.5, 0.6) is 0 Å². The third kappa shape index (κ3) is 2.69. The molecule has 8 heteroatoms. The third-order valence-electron chi connectivity index (χ3n) is 2.29. The first-order valence-corrected chi connectivity index (χ1v) is 6.20. The lowest BCUT2D eigenvalue weighted by Gasteiger charge is -2.06. The number of aryl methyl sites for hydroxylation is 1. The van der Waals surface area contributed by atoms with Gasteiger partial charge in [0.1, 0.15) is 11.5 Å². The Kier molecular flexibility index (Phi) is 4.01. The smallest absolute Gasteiger partial charge is 0.358 e. The van der Waals surface area contributed by atoms with Gasteiger partial charge in [-0.2, -0.15) is 5.10 Å². The highest BCUT2D eigenvalue weighted by molar-refractivity contribution is 6.34. The molecule has 2 aromatic heterocycles. The number of esters is 1. The number of aromatic nitrogens is 4. The standard InChI is InChI=1S/C11H10Cl2N4O2/c1-3-19-11(18)10-9(13)6(2)16-17(10)8-4-7(12)14-5-15-8/h4-5H,3H2,1-2H3. The maximum absolute atomic E-state index is 11.9. The van der Waals surface area contributed by atoms with E-state index in [4.69, 9.17) is 27.9 Å². The molecule has 0 amide bonds. The highest BCUT2D eigenvalue weighted by Gasteiger charge is 2.23. The van der Waals surface area contributed by atoms with Crippen LogP contribution in [0.25, 0.3) is 5.82 Å². The largest absolute Gasteiger partial charge is 0.461 e. The van der Waals surface area contributed by atoms with Crippen molar-refractivity contribution in [2.24, 2.45) is 0 Å². The number of ether oxygens (including phenoxy) is 1. The number of carbonyl (C=O) groups excluding carboxylic acids is 1. The molecule has 0 aliphatic heterocycles. The summed E-state index contributed by atoms with van der Waals surface area (Å²) in [6.45, 7) is 3.63. The molecule has 19 heavy (non-hydrogen) atoms. The first-order chi connectivity index (χ1) is 9.04. The predicted octanol–water partition coefficient (Wildman–Crippen LogP) is 2.45. The lowest BCUT2D eigenvalue weighted by Crippen LogP contribution is -2.13. The molecule has 0 aromatic carbocycles. The van der Waals surface area contributed by atoms with E-state index in [-0.39, 0.29) is 22.5 Å². The van der Waals surface area contributed by atoms with E-state index in [1.807, 2.05) is 0 Å². The molecule has 0 saturated heterocycles. The van der Waals surface area contributed by atoms with Crippen molar-refractivity contribution >= 4 is 29.2 Å². The van der Waals surface area contributed by atoms with Gasteiger partial charge < -0.3 is 4.74 Å². The number of halogens is 2. The molecule has 100 valence electrons. The highest BCUT2D eigenvalue weighted by Crippen LogP contribution is 2.24. The first kappa shape index (κ1) is 13.8. The van der Waals surface area contributed by atoms with E-state index in [0.717, 1.165) is 0 Å². The summed E-state index contributed by atoms with van der Waals surface area (Å²) in [6, 6.07) is 1.48. The molecule has 0 saturated carbocycles. The fourth-order valence-electron chi connectivity index (χ4n) is 1.49. The van der Waals surface area contributed by atoms with Crippen molar-refractivity contribution in [1.29, 1.82) is 0 Å². The Labute approximate surface area is 119 Å². The summed E-state index contributed by atoms with van der Waals surface area (Å²) in [5, 5.41) is 4.63. The lowest BCUT2D eigenvalue weighted by atomic mass is 10.3. The van der Waals surface area contributed by atoms with E-state index in [1.165, 1.54) is 17.1 Å². The second kappa shape index (κ2) is 5.54. The topological polar surface area (TPSA) is 69.9 Å². The highest BCUT2D eigenvalue weighted by atomic mass is 35.5. The number of hydrogen-bond donors (Lipinski definition) is 0. The lowest BCUT2D eigenvalue weighted by molar-refractivity contribution is 0.0515. The van der Waals surface area contributed by atoms with E-state index < -0.39 is 5.97 Å². The average Bonchev–Trinajstić information content (AvgIpc) is 2.66. The molecule has 2 rings (SSSR count). The first-order valence-electron chi connectivity index (χ1n) is 5.44. The zero-order valence-electron chi connectivity index (χ0n) is 10.2. The number of hydrogen-bond acceptors (Lipinski definition) is 5. The normalized spacial score (nSPS) is 10.5. The van der Waals surface area contributed by atoms with E-state index in [2.05, 4.69) is 15.1 Å². The molecule has 0 fully saturated rings. The van der Waals surface area contributed by atoms with E-state index in [0.29, 0.717) is 11.5 Å². The minimum absolute atomic E-state index is 0.121. The Morgan fingerprint density at radius 1 is 1.42 bits per heavy atom. The van der Waals surface area contributed by atoms with Gasteiger partial charge in [-0.3, -0.25) is 0 Å². The molecule has 2 aromatic rings. The van der Waals surface area contributed by atoms with Gasteiger partial charge in [0.15, 0.2) is 11.5 Å². The summed E-state index contributed by atoms with van der Waals surface area (Å²) < 4.78 is 6.25. The maximum atomic E-state index is 11.9. The molecule has 0 spiro atoms. The fourth-order valence-corrected chi connectivity index (χ4v) is 1.83. The van der Waals surface area contributed by atoms with E-state index >= 15 is 0 Å². The van der Waals surface area contributed by atoms with Crippen molar-refractivity contribution in [2.75, 3.05) is 6.61 Å². The molecule has 0 unspecified atom stereocenters. The van der Waals surface area contributed by atoms with Crippen LogP contribution in [0.3, 0.4) is 0 Å². The van der Waals surface area contributed by atoms with Crippen molar-refractivity contribution < 1.29 is 9.53 Å². The van der Waals surface area contributed by atoms with Gasteiger partial charge in [0.05, 0.1) is 17.3 Å². The number of carbonyl (C=O) groups is 1. The van der Waals surface area contributed by atoms with Crippen molar-refractivity contribution in [1.82, 2.24) is 19.7 Å². The molecule has 0 aliphatic carbocycles. The zero-order valence-corrected chi connectivity index (χ0v) is 11.7. The molecule has 6 nitrogen and oxygen atoms in total. The molecule has 2 heterocycles. The van der Waals surface area contributed by atoms with Gasteiger partial charge >= 0.3 is 5.97 Å². The minimum atomic E-state index is -0.567. The molecule has 0 atom stereocenters. The number of nitrogens with zero attached hydrogens (tertiary/aromatic N) is 4. The molecular formula is C11H10Cl2N4O2. The summed E-state index contributed by atoms with van der Waals surface area (Å²) in [6.07, 6.45) is 1.28. The van der Waals surface area contributed by atoms with Gasteiger partial charge in [0.25, 0.3) is 0 Å². The van der Waals surface area contributed by atoms with Gasteiger partial charge in [0, 0.05) is 6.07 Å². The van der Waals surface area contributed by atoms with Gasteiger partial charge in [-0.1, -0.05) is 23.2 Å². The van der Waals surface area contributed by atoms with Gasteiger partial charge in [-0.15, -0.1) is 0 Å². The quantitative estimate of drug-likeness (QED) is 0.643. The van der Waals surface area contributed by atoms with Crippen molar-refractivity contribution in [3.8, 4) is 5.82 Å². The molecule has 0 N–H and O–H groups in total. The molecular weight excluding hydrogens is 291 g/mol. The third-order valence-corrected chi connectivity index (χ3v) is 2.95. The van der Waals surface area contributed by atoms with Crippen molar-refractivity contribution in [3.05, 3.63) is 34.0 Å². The van der Waals surface area contributed by atoms with Crippen LogP contribution < -0.4 is 0 Å². The Morgan fingerprint density at radius 3 is 2.79 bits per heavy atom. The maximum Gasteiger partial charge on any atom is 0.358 e. The summed E-state index contributed by atoms with van der Waals surface area (Å²) in [4.78, 5) is 19.7. The Hall–Kier alpha value is -1.66. The van der Waals surface area contributed by atoms with Crippen LogP contribution in [0, 0.1) is 6.92 Å². The van der Waals surface area contributed by atoms with Gasteiger partial charge in [-0.05, 0) is 13.8 Å². The minimum Gasteiger partial charge on any atom is -0.461 e. The van der Waals surface area contributed by atoms with Crippen LogP contribution in [0.1, 0.15) is 23.1 Å². The van der Waals surface area contributed by atoms with Crippen LogP contribution in [0.2, 0.25) is 10.2 Å².